The first-order chi connectivity index (χ1) is 7.24. The zero-order chi connectivity index (χ0) is 11.1. The number of carbonyl (C=O) groups excluding carboxylic acids is 2. The molecular formula is C11H11O4. The van der Waals surface area contributed by atoms with Gasteiger partial charge < -0.3 is 9.47 Å². The monoisotopic (exact) mass is 207 g/mol. The van der Waals surface area contributed by atoms with Crippen molar-refractivity contribution < 1.29 is 19.1 Å². The van der Waals surface area contributed by atoms with E-state index < -0.39 is 11.9 Å². The van der Waals surface area contributed by atoms with Crippen LogP contribution in [-0.4, -0.2) is 25.2 Å². The van der Waals surface area contributed by atoms with E-state index in [9.17, 15) is 9.59 Å². The Morgan fingerprint density at radius 2 is 1.93 bits per heavy atom. The van der Waals surface area contributed by atoms with Gasteiger partial charge in [0.25, 0.3) is 0 Å². The third-order valence-electron chi connectivity index (χ3n) is 1.58. The molecule has 0 N–H and O–H groups in total. The van der Waals surface area contributed by atoms with Crippen LogP contribution < -0.4 is 0 Å². The predicted molar refractivity (Wildman–Crippen MR) is 52.2 cm³/mol. The normalized spacial score (nSPS) is 9.40. The first-order valence-corrected chi connectivity index (χ1v) is 4.53. The molecular weight excluding hydrogens is 196 g/mol. The maximum atomic E-state index is 11.3. The summed E-state index contributed by atoms with van der Waals surface area (Å²) < 4.78 is 9.32. The highest BCUT2D eigenvalue weighted by Crippen LogP contribution is 2.00. The molecule has 0 bridgehead atoms. The highest BCUT2D eigenvalue weighted by Gasteiger charge is 2.09. The Morgan fingerprint density at radius 1 is 1.27 bits per heavy atom. The zero-order valence-corrected chi connectivity index (χ0v) is 8.36. The van der Waals surface area contributed by atoms with Crippen molar-refractivity contribution in [3.63, 3.8) is 0 Å². The molecule has 0 aliphatic heterocycles. The molecule has 1 radical (unpaired) electrons. The molecule has 15 heavy (non-hydrogen) atoms. The van der Waals surface area contributed by atoms with Gasteiger partial charge in [0, 0.05) is 0 Å². The van der Waals surface area contributed by atoms with Gasteiger partial charge in [0.2, 0.25) is 0 Å². The Morgan fingerprint density at radius 3 is 2.53 bits per heavy atom. The number of hydrogen-bond acceptors (Lipinski definition) is 4. The second-order valence-corrected chi connectivity index (χ2v) is 2.67. The van der Waals surface area contributed by atoms with Gasteiger partial charge in [0.05, 0.1) is 12.2 Å². The Hall–Kier alpha value is -1.84. The van der Waals surface area contributed by atoms with Gasteiger partial charge in [-0.2, -0.15) is 0 Å². The highest BCUT2D eigenvalue weighted by molar-refractivity contribution is 5.90. The average molecular weight is 207 g/mol. The molecule has 0 unspecified atom stereocenters. The van der Waals surface area contributed by atoms with Crippen LogP contribution in [0.15, 0.2) is 24.3 Å². The number of carbonyl (C=O) groups is 2. The van der Waals surface area contributed by atoms with Crippen molar-refractivity contribution >= 4 is 11.9 Å². The molecule has 0 aliphatic carbocycles. The lowest BCUT2D eigenvalue weighted by Gasteiger charge is -2.03. The Labute approximate surface area is 87.8 Å². The minimum atomic E-state index is -0.548. The van der Waals surface area contributed by atoms with Crippen molar-refractivity contribution in [1.82, 2.24) is 0 Å². The Bertz CT molecular complexity index is 332. The van der Waals surface area contributed by atoms with E-state index in [-0.39, 0.29) is 13.2 Å². The lowest BCUT2D eigenvalue weighted by molar-refractivity contribution is -0.146. The molecule has 4 nitrogen and oxygen atoms in total. The smallest absolute Gasteiger partial charge is 0.344 e. The van der Waals surface area contributed by atoms with Crippen molar-refractivity contribution in [3.05, 3.63) is 35.9 Å². The summed E-state index contributed by atoms with van der Waals surface area (Å²) in [7, 11) is 0. The summed E-state index contributed by atoms with van der Waals surface area (Å²) in [5.41, 5.74) is 0.387. The molecule has 1 aromatic rings. The van der Waals surface area contributed by atoms with Gasteiger partial charge in [-0.1, -0.05) is 12.1 Å². The van der Waals surface area contributed by atoms with E-state index in [1.165, 1.54) is 0 Å². The topological polar surface area (TPSA) is 52.6 Å². The van der Waals surface area contributed by atoms with Crippen molar-refractivity contribution in [3.8, 4) is 0 Å². The summed E-state index contributed by atoms with van der Waals surface area (Å²) in [5, 5.41) is 0. The van der Waals surface area contributed by atoms with Crippen molar-refractivity contribution in [2.45, 2.75) is 6.92 Å². The average Bonchev–Trinajstić information content (AvgIpc) is 2.27. The van der Waals surface area contributed by atoms with Gasteiger partial charge in [-0.05, 0) is 25.1 Å². The second-order valence-electron chi connectivity index (χ2n) is 2.67. The van der Waals surface area contributed by atoms with Crippen molar-refractivity contribution in [2.75, 3.05) is 13.2 Å². The maximum Gasteiger partial charge on any atom is 0.344 e. The molecule has 0 amide bonds. The van der Waals surface area contributed by atoms with E-state index in [4.69, 9.17) is 4.74 Å². The largest absolute Gasteiger partial charge is 0.463 e. The highest BCUT2D eigenvalue weighted by atomic mass is 16.6. The lowest BCUT2D eigenvalue weighted by Crippen LogP contribution is -2.16. The number of rotatable bonds is 4. The molecule has 0 atom stereocenters. The summed E-state index contributed by atoms with van der Waals surface area (Å²) in [4.78, 5) is 22.2. The fraction of sp³-hybridized carbons (Fsp3) is 0.273. The number of ether oxygens (including phenoxy) is 2. The predicted octanol–water partition coefficient (Wildman–Crippen LogP) is 1.21. The van der Waals surface area contributed by atoms with Crippen LogP contribution in [-0.2, 0) is 14.3 Å². The van der Waals surface area contributed by atoms with Crippen molar-refractivity contribution in [2.24, 2.45) is 0 Å². The first kappa shape index (κ1) is 11.2. The molecule has 79 valence electrons. The van der Waals surface area contributed by atoms with Gasteiger partial charge in [-0.25, -0.2) is 9.59 Å². The standard InChI is InChI=1S/C11H11O4/c1-2-14-10(12)8-15-11(13)9-6-4-3-5-7-9/h4-7H,2,8H2,1H3. The Kier molecular flexibility index (Phi) is 4.34. The van der Waals surface area contributed by atoms with Gasteiger partial charge in [0.1, 0.15) is 0 Å². The molecule has 0 aliphatic rings. The van der Waals surface area contributed by atoms with E-state index >= 15 is 0 Å². The molecule has 1 aromatic carbocycles. The summed E-state index contributed by atoms with van der Waals surface area (Å²) in [6.07, 6.45) is 0. The number of hydrogen-bond donors (Lipinski definition) is 0. The van der Waals surface area contributed by atoms with Crippen LogP contribution in [0.1, 0.15) is 17.3 Å². The fourth-order valence-electron chi connectivity index (χ4n) is 0.933. The van der Waals surface area contributed by atoms with Crippen molar-refractivity contribution in [1.29, 1.82) is 0 Å². The summed E-state index contributed by atoms with van der Waals surface area (Å²) in [6.45, 7) is 1.61. The maximum absolute atomic E-state index is 11.3. The summed E-state index contributed by atoms with van der Waals surface area (Å²) in [5.74, 6) is -1.09. The third-order valence-corrected chi connectivity index (χ3v) is 1.58. The lowest BCUT2D eigenvalue weighted by atomic mass is 10.2. The van der Waals surface area contributed by atoms with Crippen LogP contribution in [0.5, 0.6) is 0 Å². The molecule has 0 spiro atoms. The summed E-state index contributed by atoms with van der Waals surface area (Å²) >= 11 is 0. The SMILES string of the molecule is CCOC(=O)COC(=O)c1cc[c]cc1. The number of esters is 2. The van der Waals surface area contributed by atoms with Crippen LogP contribution in [0, 0.1) is 6.07 Å². The molecule has 4 heteroatoms. The van der Waals surface area contributed by atoms with E-state index in [1.54, 1.807) is 31.2 Å². The van der Waals surface area contributed by atoms with E-state index in [2.05, 4.69) is 10.8 Å². The van der Waals surface area contributed by atoms with Crippen LogP contribution in [0.3, 0.4) is 0 Å². The first-order valence-electron chi connectivity index (χ1n) is 4.53. The van der Waals surface area contributed by atoms with E-state index in [0.29, 0.717) is 5.56 Å². The van der Waals surface area contributed by atoms with E-state index in [0.717, 1.165) is 0 Å². The minimum Gasteiger partial charge on any atom is -0.463 e. The Balaban J connectivity index is 2.40. The second kappa shape index (κ2) is 5.80. The van der Waals surface area contributed by atoms with Crippen LogP contribution in [0.25, 0.3) is 0 Å². The number of benzene rings is 1. The van der Waals surface area contributed by atoms with Crippen LogP contribution >= 0.6 is 0 Å². The molecule has 1 rings (SSSR count). The van der Waals surface area contributed by atoms with Crippen LogP contribution in [0.4, 0.5) is 0 Å². The van der Waals surface area contributed by atoms with E-state index in [1.807, 2.05) is 0 Å². The molecule has 0 heterocycles. The minimum absolute atomic E-state index is 0.274. The third kappa shape index (κ3) is 3.81. The van der Waals surface area contributed by atoms with Gasteiger partial charge in [0.15, 0.2) is 6.61 Å². The summed E-state index contributed by atoms with van der Waals surface area (Å²) in [6, 6.07) is 9.10. The zero-order valence-electron chi connectivity index (χ0n) is 8.36. The van der Waals surface area contributed by atoms with Crippen LogP contribution in [0.2, 0.25) is 0 Å². The molecule has 0 saturated heterocycles. The quantitative estimate of drug-likeness (QED) is 0.696. The van der Waals surface area contributed by atoms with Gasteiger partial charge in [-0.3, -0.25) is 0 Å². The van der Waals surface area contributed by atoms with Gasteiger partial charge >= 0.3 is 11.9 Å². The van der Waals surface area contributed by atoms with Gasteiger partial charge in [-0.15, -0.1) is 0 Å². The molecule has 0 aromatic heterocycles. The molecule has 0 fully saturated rings. The fourth-order valence-corrected chi connectivity index (χ4v) is 0.933. The molecule has 0 saturated carbocycles.